The van der Waals surface area contributed by atoms with E-state index in [1.54, 1.807) is 0 Å². The van der Waals surface area contributed by atoms with Crippen molar-refractivity contribution in [1.82, 2.24) is 5.32 Å². The summed E-state index contributed by atoms with van der Waals surface area (Å²) >= 11 is 0. The van der Waals surface area contributed by atoms with Crippen LogP contribution in [0.4, 0.5) is 4.79 Å². The van der Waals surface area contributed by atoms with Crippen molar-refractivity contribution in [2.45, 2.75) is 59.6 Å². The van der Waals surface area contributed by atoms with E-state index in [-0.39, 0.29) is 17.6 Å². The third-order valence-corrected chi connectivity index (χ3v) is 4.02. The van der Waals surface area contributed by atoms with Gasteiger partial charge in [0.2, 0.25) is 0 Å². The molecule has 2 atom stereocenters. The monoisotopic (exact) mass is 289 g/mol. The number of hydrogen-bond donors (Lipinski definition) is 1. The minimum atomic E-state index is -0.473. The maximum Gasteiger partial charge on any atom is 0.408 e. The van der Waals surface area contributed by atoms with E-state index in [2.05, 4.69) is 44.3 Å². The molecule has 0 spiro atoms. The first kappa shape index (κ1) is 15.9. The molecule has 1 aromatic carbocycles. The predicted molar refractivity (Wildman–Crippen MR) is 85.2 cm³/mol. The van der Waals surface area contributed by atoms with Gasteiger partial charge in [0.15, 0.2) is 0 Å². The fourth-order valence-electron chi connectivity index (χ4n) is 3.01. The number of carbonyl (C=O) groups excluding carboxylic acids is 1. The quantitative estimate of drug-likeness (QED) is 0.828. The lowest BCUT2D eigenvalue weighted by Crippen LogP contribution is -2.39. The lowest BCUT2D eigenvalue weighted by Gasteiger charge is -2.33. The van der Waals surface area contributed by atoms with Gasteiger partial charge >= 0.3 is 6.09 Å². The van der Waals surface area contributed by atoms with E-state index < -0.39 is 5.60 Å². The largest absolute Gasteiger partial charge is 0.444 e. The summed E-state index contributed by atoms with van der Waals surface area (Å²) in [5.41, 5.74) is 2.21. The van der Waals surface area contributed by atoms with E-state index >= 15 is 0 Å². The number of carbonyl (C=O) groups is 1. The van der Waals surface area contributed by atoms with Crippen molar-refractivity contribution < 1.29 is 9.53 Å². The standard InChI is InChI=1S/C18H27NO2/c1-17(2,3)14-11-12-9-7-8-10-13(12)15(14)19-16(20)21-18(4,5)6/h7-10,14-15H,11H2,1-6H3,(H,19,20). The molecule has 2 unspecified atom stereocenters. The smallest absolute Gasteiger partial charge is 0.408 e. The minimum Gasteiger partial charge on any atom is -0.444 e. The molecule has 0 saturated heterocycles. The van der Waals surface area contributed by atoms with E-state index in [4.69, 9.17) is 4.74 Å². The topological polar surface area (TPSA) is 38.3 Å². The van der Waals surface area contributed by atoms with Crippen molar-refractivity contribution in [3.8, 4) is 0 Å². The first-order valence-electron chi connectivity index (χ1n) is 7.65. The molecule has 0 fully saturated rings. The van der Waals surface area contributed by atoms with Crippen LogP contribution in [0.25, 0.3) is 0 Å². The summed E-state index contributed by atoms with van der Waals surface area (Å²) in [5.74, 6) is 0.377. The second kappa shape index (κ2) is 5.36. The van der Waals surface area contributed by atoms with Crippen LogP contribution in [0.3, 0.4) is 0 Å². The molecule has 3 heteroatoms. The SMILES string of the molecule is CC(C)(C)OC(=O)NC1c2ccccc2CC1C(C)(C)C. The molecule has 2 rings (SSSR count). The van der Waals surface area contributed by atoms with E-state index in [0.29, 0.717) is 5.92 Å². The zero-order valence-corrected chi connectivity index (χ0v) is 14.0. The lowest BCUT2D eigenvalue weighted by atomic mass is 9.76. The lowest BCUT2D eigenvalue weighted by molar-refractivity contribution is 0.0462. The zero-order valence-electron chi connectivity index (χ0n) is 14.0. The van der Waals surface area contributed by atoms with Gasteiger partial charge < -0.3 is 10.1 Å². The average molecular weight is 289 g/mol. The Bertz CT molecular complexity index is 523. The van der Waals surface area contributed by atoms with Gasteiger partial charge in [-0.25, -0.2) is 4.79 Å². The molecule has 0 heterocycles. The zero-order chi connectivity index (χ0) is 15.8. The van der Waals surface area contributed by atoms with Gasteiger partial charge in [-0.15, -0.1) is 0 Å². The summed E-state index contributed by atoms with van der Waals surface area (Å²) in [7, 11) is 0. The molecule has 0 bridgehead atoms. The Morgan fingerprint density at radius 1 is 1.14 bits per heavy atom. The molecular formula is C18H27NO2. The highest BCUT2D eigenvalue weighted by Crippen LogP contribution is 2.45. The van der Waals surface area contributed by atoms with Crippen molar-refractivity contribution in [2.75, 3.05) is 0 Å². The number of ether oxygens (including phenoxy) is 1. The molecule has 0 radical (unpaired) electrons. The molecule has 1 aromatic rings. The Hall–Kier alpha value is -1.51. The summed E-state index contributed by atoms with van der Waals surface area (Å²) in [4.78, 5) is 12.2. The van der Waals surface area contributed by atoms with Gasteiger partial charge in [0.05, 0.1) is 6.04 Å². The van der Waals surface area contributed by atoms with Crippen LogP contribution in [0, 0.1) is 11.3 Å². The van der Waals surface area contributed by atoms with E-state index in [1.807, 2.05) is 26.8 Å². The van der Waals surface area contributed by atoms with Crippen molar-refractivity contribution in [3.63, 3.8) is 0 Å². The second-order valence-corrected chi connectivity index (χ2v) is 8.00. The normalized spacial score (nSPS) is 21.8. The molecule has 3 nitrogen and oxygen atoms in total. The summed E-state index contributed by atoms with van der Waals surface area (Å²) in [6.07, 6.45) is 0.665. The molecule has 1 aliphatic carbocycles. The van der Waals surface area contributed by atoms with E-state index in [9.17, 15) is 4.79 Å². The average Bonchev–Trinajstić information content (AvgIpc) is 2.66. The number of alkyl carbamates (subject to hydrolysis) is 1. The van der Waals surface area contributed by atoms with Crippen LogP contribution < -0.4 is 5.32 Å². The third-order valence-electron chi connectivity index (χ3n) is 4.02. The van der Waals surface area contributed by atoms with Crippen LogP contribution in [0.1, 0.15) is 58.7 Å². The summed E-state index contributed by atoms with van der Waals surface area (Å²) < 4.78 is 5.43. The molecule has 0 aliphatic heterocycles. The van der Waals surface area contributed by atoms with Gasteiger partial charge in [0, 0.05) is 0 Å². The number of nitrogens with one attached hydrogen (secondary N) is 1. The molecule has 1 aliphatic rings. The number of fused-ring (bicyclic) bond motifs is 1. The second-order valence-electron chi connectivity index (χ2n) is 8.00. The predicted octanol–water partition coefficient (Wildman–Crippen LogP) is 4.47. The fourth-order valence-corrected chi connectivity index (χ4v) is 3.01. The van der Waals surface area contributed by atoms with E-state index in [0.717, 1.165) is 6.42 Å². The van der Waals surface area contributed by atoms with Gasteiger partial charge in [-0.1, -0.05) is 45.0 Å². The highest BCUT2D eigenvalue weighted by molar-refractivity contribution is 5.69. The van der Waals surface area contributed by atoms with Crippen molar-refractivity contribution in [3.05, 3.63) is 35.4 Å². The van der Waals surface area contributed by atoms with Crippen LogP contribution in [-0.4, -0.2) is 11.7 Å². The van der Waals surface area contributed by atoms with Crippen molar-refractivity contribution in [2.24, 2.45) is 11.3 Å². The molecule has 21 heavy (non-hydrogen) atoms. The molecule has 1 amide bonds. The minimum absolute atomic E-state index is 0.0241. The van der Waals surface area contributed by atoms with Crippen LogP contribution in [0.15, 0.2) is 24.3 Å². The first-order valence-corrected chi connectivity index (χ1v) is 7.65. The highest BCUT2D eigenvalue weighted by Gasteiger charge is 2.40. The maximum atomic E-state index is 12.2. The van der Waals surface area contributed by atoms with Crippen LogP contribution in [0.5, 0.6) is 0 Å². The first-order chi connectivity index (χ1) is 9.58. The van der Waals surface area contributed by atoms with Gasteiger partial charge in [-0.3, -0.25) is 0 Å². The van der Waals surface area contributed by atoms with Crippen LogP contribution in [0.2, 0.25) is 0 Å². The Morgan fingerprint density at radius 3 is 2.33 bits per heavy atom. The summed E-state index contributed by atoms with van der Waals surface area (Å²) in [6.45, 7) is 12.3. The maximum absolute atomic E-state index is 12.2. The number of amides is 1. The van der Waals surface area contributed by atoms with E-state index in [1.165, 1.54) is 11.1 Å². The Morgan fingerprint density at radius 2 is 1.76 bits per heavy atom. The van der Waals surface area contributed by atoms with Crippen molar-refractivity contribution in [1.29, 1.82) is 0 Å². The summed E-state index contributed by atoms with van der Waals surface area (Å²) in [5, 5.41) is 3.09. The van der Waals surface area contributed by atoms with Crippen molar-refractivity contribution >= 4 is 6.09 Å². The van der Waals surface area contributed by atoms with Gasteiger partial charge in [-0.2, -0.15) is 0 Å². The third kappa shape index (κ3) is 3.78. The fraction of sp³-hybridized carbons (Fsp3) is 0.611. The summed E-state index contributed by atoms with van der Waals surface area (Å²) in [6, 6.07) is 8.40. The molecule has 0 aromatic heterocycles. The molecule has 116 valence electrons. The molecular weight excluding hydrogens is 262 g/mol. The van der Waals surface area contributed by atoms with Gasteiger partial charge in [0.25, 0.3) is 0 Å². The van der Waals surface area contributed by atoms with Gasteiger partial charge in [-0.05, 0) is 49.7 Å². The van der Waals surface area contributed by atoms with Crippen LogP contribution in [-0.2, 0) is 11.2 Å². The Balaban J connectivity index is 2.23. The number of benzene rings is 1. The van der Waals surface area contributed by atoms with Crippen LogP contribution >= 0.6 is 0 Å². The Labute approximate surface area is 128 Å². The number of hydrogen-bond acceptors (Lipinski definition) is 2. The Kier molecular flexibility index (Phi) is 4.05. The highest BCUT2D eigenvalue weighted by atomic mass is 16.6. The molecule has 0 saturated carbocycles. The number of rotatable bonds is 1. The van der Waals surface area contributed by atoms with Gasteiger partial charge in [0.1, 0.15) is 5.60 Å². The molecule has 1 N–H and O–H groups in total.